The zero-order chi connectivity index (χ0) is 27.9. The summed E-state index contributed by atoms with van der Waals surface area (Å²) < 4.78 is 5.19. The van der Waals surface area contributed by atoms with E-state index in [9.17, 15) is 9.59 Å². The van der Waals surface area contributed by atoms with Crippen LogP contribution >= 0.6 is 11.6 Å². The summed E-state index contributed by atoms with van der Waals surface area (Å²) in [6.07, 6.45) is 6.46. The van der Waals surface area contributed by atoms with E-state index in [1.807, 2.05) is 27.7 Å². The Morgan fingerprint density at radius 1 is 0.941 bits per heavy atom. The predicted molar refractivity (Wildman–Crippen MR) is 149 cm³/mol. The van der Waals surface area contributed by atoms with Crippen LogP contribution in [-0.4, -0.2) is 52.1 Å². The molecule has 0 amide bonds. The molecule has 0 saturated heterocycles. The van der Waals surface area contributed by atoms with Crippen molar-refractivity contribution in [1.82, 2.24) is 4.90 Å². The van der Waals surface area contributed by atoms with Gasteiger partial charge < -0.3 is 9.84 Å². The van der Waals surface area contributed by atoms with Crippen molar-refractivity contribution < 1.29 is 19.4 Å². The minimum absolute atomic E-state index is 0.0532. The summed E-state index contributed by atoms with van der Waals surface area (Å²) in [5, 5.41) is 8.52. The van der Waals surface area contributed by atoms with Crippen molar-refractivity contribution in [2.75, 3.05) is 6.54 Å². The Balaban J connectivity index is -0.000000183. The highest BCUT2D eigenvalue weighted by atomic mass is 35.5. The van der Waals surface area contributed by atoms with E-state index in [-0.39, 0.29) is 18.2 Å². The van der Waals surface area contributed by atoms with Crippen LogP contribution < -0.4 is 0 Å². The normalized spacial score (nSPS) is 12.4. The molecule has 0 aliphatic heterocycles. The van der Waals surface area contributed by atoms with Gasteiger partial charge in [-0.3, -0.25) is 14.5 Å². The van der Waals surface area contributed by atoms with Crippen molar-refractivity contribution in [3.8, 4) is 0 Å². The van der Waals surface area contributed by atoms with Crippen LogP contribution in [0.5, 0.6) is 0 Å². The molecule has 0 aromatic carbocycles. The van der Waals surface area contributed by atoms with Gasteiger partial charge >= 0.3 is 5.97 Å². The summed E-state index contributed by atoms with van der Waals surface area (Å²) in [4.78, 5) is 23.2. The summed E-state index contributed by atoms with van der Waals surface area (Å²) in [7, 11) is 0. The SMILES string of the molecule is C/C=C/C(=O)Cl.C=CCC(=O)OC(CC)C(C)C.CCC(O)C(C)C.CCN(C(C)C)C(C)C. The van der Waals surface area contributed by atoms with Gasteiger partial charge in [0.05, 0.1) is 12.5 Å². The molecule has 34 heavy (non-hydrogen) atoms. The zero-order valence-corrected chi connectivity index (χ0v) is 25.0. The van der Waals surface area contributed by atoms with Crippen molar-refractivity contribution in [2.45, 2.75) is 127 Å². The molecule has 0 aliphatic carbocycles. The lowest BCUT2D eigenvalue weighted by Crippen LogP contribution is -2.36. The van der Waals surface area contributed by atoms with Gasteiger partial charge in [-0.05, 0) is 83.5 Å². The van der Waals surface area contributed by atoms with E-state index in [1.54, 1.807) is 19.1 Å². The van der Waals surface area contributed by atoms with Crippen LogP contribution in [0.3, 0.4) is 0 Å². The van der Waals surface area contributed by atoms with Gasteiger partial charge in [-0.2, -0.15) is 0 Å². The number of ether oxygens (including phenoxy) is 1. The molecule has 5 nitrogen and oxygen atoms in total. The molecule has 0 aromatic heterocycles. The fraction of sp³-hybridized carbons (Fsp3) is 0.786. The Labute approximate surface area is 217 Å². The van der Waals surface area contributed by atoms with Gasteiger partial charge in [-0.1, -0.05) is 60.6 Å². The van der Waals surface area contributed by atoms with Crippen LogP contribution in [0.25, 0.3) is 0 Å². The maximum Gasteiger partial charge on any atom is 0.309 e. The second-order valence-corrected chi connectivity index (χ2v) is 9.59. The van der Waals surface area contributed by atoms with Gasteiger partial charge in [-0.25, -0.2) is 0 Å². The molecule has 0 heterocycles. The van der Waals surface area contributed by atoms with E-state index in [1.165, 1.54) is 6.08 Å². The number of hydrogen-bond donors (Lipinski definition) is 1. The van der Waals surface area contributed by atoms with Crippen LogP contribution in [0.4, 0.5) is 0 Å². The number of allylic oxidation sites excluding steroid dienone is 2. The summed E-state index contributed by atoms with van der Waals surface area (Å²) in [6, 6.07) is 1.38. The monoisotopic (exact) mass is 505 g/mol. The molecular formula is C28H56ClNO4. The number of aliphatic hydroxyl groups is 1. The molecule has 204 valence electrons. The molecule has 0 radical (unpaired) electrons. The molecule has 1 N–H and O–H groups in total. The van der Waals surface area contributed by atoms with Crippen molar-refractivity contribution >= 4 is 22.8 Å². The Morgan fingerprint density at radius 3 is 1.53 bits per heavy atom. The minimum Gasteiger partial charge on any atom is -0.462 e. The number of esters is 1. The first kappa shape index (κ1) is 40.0. The van der Waals surface area contributed by atoms with E-state index >= 15 is 0 Å². The standard InChI is InChI=1S/C10H18O2.C8H19N.C6H14O.C4H5ClO/c1-5-7-10(11)12-9(6-2)8(3)4;1-6-9(7(2)3)8(4)5;1-4-6(7)5(2)3;1-2-3-4(5)6/h5,8-9H,1,6-7H2,2-4H3;7-8H,6H2,1-5H3;5-7H,4H2,1-3H3;2-3H,1H3/b;;;3-2+. The van der Waals surface area contributed by atoms with Crippen LogP contribution in [0.1, 0.15) is 102 Å². The third-order valence-electron chi connectivity index (χ3n) is 4.92. The van der Waals surface area contributed by atoms with Gasteiger partial charge in [0, 0.05) is 12.1 Å². The highest BCUT2D eigenvalue weighted by Crippen LogP contribution is 2.11. The first-order chi connectivity index (χ1) is 15.7. The van der Waals surface area contributed by atoms with Gasteiger partial charge in [-0.15, -0.1) is 6.58 Å². The third-order valence-corrected chi connectivity index (χ3v) is 5.04. The fourth-order valence-corrected chi connectivity index (χ4v) is 3.08. The van der Waals surface area contributed by atoms with Gasteiger partial charge in [0.2, 0.25) is 5.24 Å². The average Bonchev–Trinajstić information content (AvgIpc) is 2.72. The summed E-state index contributed by atoms with van der Waals surface area (Å²) in [5.74, 6) is 0.638. The van der Waals surface area contributed by atoms with Crippen LogP contribution in [-0.2, 0) is 14.3 Å². The summed E-state index contributed by atoms with van der Waals surface area (Å²) >= 11 is 4.85. The van der Waals surface area contributed by atoms with Gasteiger partial charge in [0.1, 0.15) is 6.10 Å². The number of carbonyl (C=O) groups is 2. The zero-order valence-electron chi connectivity index (χ0n) is 24.2. The van der Waals surface area contributed by atoms with Crippen LogP contribution in [0.15, 0.2) is 24.8 Å². The van der Waals surface area contributed by atoms with Crippen LogP contribution in [0, 0.1) is 11.8 Å². The molecule has 0 rings (SSSR count). The molecule has 0 spiro atoms. The Morgan fingerprint density at radius 2 is 1.41 bits per heavy atom. The molecule has 0 bridgehead atoms. The average molecular weight is 506 g/mol. The van der Waals surface area contributed by atoms with Crippen LogP contribution in [0.2, 0.25) is 0 Å². The number of rotatable bonds is 11. The molecule has 0 aromatic rings. The summed E-state index contributed by atoms with van der Waals surface area (Å²) in [6.45, 7) is 29.7. The highest BCUT2D eigenvalue weighted by molar-refractivity contribution is 6.66. The first-order valence-corrected chi connectivity index (χ1v) is 13.1. The second kappa shape index (κ2) is 26.4. The molecule has 2 unspecified atom stereocenters. The van der Waals surface area contributed by atoms with E-state index < -0.39 is 5.24 Å². The number of aliphatic hydroxyl groups excluding tert-OH is 1. The lowest BCUT2D eigenvalue weighted by Gasteiger charge is -2.28. The third kappa shape index (κ3) is 28.9. The lowest BCUT2D eigenvalue weighted by molar-refractivity contribution is -0.150. The fourth-order valence-electron chi connectivity index (χ4n) is 2.95. The Kier molecular flexibility index (Phi) is 31.1. The predicted octanol–water partition coefficient (Wildman–Crippen LogP) is 7.41. The van der Waals surface area contributed by atoms with Gasteiger partial charge in [0.25, 0.3) is 0 Å². The number of carbonyl (C=O) groups excluding carboxylic acids is 2. The van der Waals surface area contributed by atoms with Gasteiger partial charge in [0.15, 0.2) is 0 Å². The largest absolute Gasteiger partial charge is 0.462 e. The van der Waals surface area contributed by atoms with Crippen molar-refractivity contribution in [3.05, 3.63) is 24.8 Å². The minimum atomic E-state index is -0.419. The number of nitrogens with zero attached hydrogens (tertiary/aromatic N) is 1. The van der Waals surface area contributed by atoms with E-state index in [0.717, 1.165) is 19.4 Å². The smallest absolute Gasteiger partial charge is 0.309 e. The number of halogens is 1. The quantitative estimate of drug-likeness (QED) is 0.137. The van der Waals surface area contributed by atoms with Crippen molar-refractivity contribution in [1.29, 1.82) is 0 Å². The topological polar surface area (TPSA) is 66.8 Å². The van der Waals surface area contributed by atoms with Crippen molar-refractivity contribution in [2.24, 2.45) is 11.8 Å². The molecule has 0 aliphatic rings. The molecule has 0 fully saturated rings. The Hall–Kier alpha value is -1.17. The van der Waals surface area contributed by atoms with E-state index in [0.29, 0.717) is 30.3 Å². The maximum absolute atomic E-state index is 11.0. The van der Waals surface area contributed by atoms with E-state index in [2.05, 4.69) is 59.9 Å². The molecule has 2 atom stereocenters. The molecule has 6 heteroatoms. The number of hydrogen-bond acceptors (Lipinski definition) is 5. The molecule has 0 saturated carbocycles. The van der Waals surface area contributed by atoms with E-state index in [4.69, 9.17) is 21.4 Å². The van der Waals surface area contributed by atoms with Crippen molar-refractivity contribution in [3.63, 3.8) is 0 Å². The summed E-state index contributed by atoms with van der Waals surface area (Å²) in [5.41, 5.74) is 0. The maximum atomic E-state index is 11.0. The molecular weight excluding hydrogens is 450 g/mol. The Bertz CT molecular complexity index is 509. The second-order valence-electron chi connectivity index (χ2n) is 9.22. The lowest BCUT2D eigenvalue weighted by atomic mass is 10.1. The highest BCUT2D eigenvalue weighted by Gasteiger charge is 2.14. The first-order valence-electron chi connectivity index (χ1n) is 12.7.